The van der Waals surface area contributed by atoms with E-state index in [1.165, 1.54) is 11.3 Å². The van der Waals surface area contributed by atoms with Crippen molar-refractivity contribution < 1.29 is 0 Å². The van der Waals surface area contributed by atoms with E-state index in [1.807, 2.05) is 24.3 Å². The molecule has 3 nitrogen and oxygen atoms in total. The lowest BCUT2D eigenvalue weighted by atomic mass is 10.2. The van der Waals surface area contributed by atoms with E-state index in [-0.39, 0.29) is 0 Å². The monoisotopic (exact) mass is 235 g/mol. The van der Waals surface area contributed by atoms with Gasteiger partial charge in [-0.15, -0.1) is 0 Å². The second kappa shape index (κ2) is 3.32. The van der Waals surface area contributed by atoms with Crippen LogP contribution in [0.25, 0.3) is 16.2 Å². The fourth-order valence-electron chi connectivity index (χ4n) is 1.49. The predicted octanol–water partition coefficient (Wildman–Crippen LogP) is 3.11. The summed E-state index contributed by atoms with van der Waals surface area (Å²) < 4.78 is 1.80. The second-order valence-corrected chi connectivity index (χ2v) is 4.28. The van der Waals surface area contributed by atoms with Crippen molar-refractivity contribution in [1.29, 1.82) is 0 Å². The molecule has 0 atom stereocenters. The Kier molecular flexibility index (Phi) is 1.97. The Hall–Kier alpha value is -1.39. The lowest BCUT2D eigenvalue weighted by molar-refractivity contribution is 0.981. The first kappa shape index (κ1) is 8.88. The molecule has 0 saturated heterocycles. The zero-order valence-corrected chi connectivity index (χ0v) is 9.16. The summed E-state index contributed by atoms with van der Waals surface area (Å²) in [7, 11) is 0. The van der Waals surface area contributed by atoms with E-state index in [2.05, 4.69) is 10.1 Å². The number of rotatable bonds is 1. The van der Waals surface area contributed by atoms with E-state index in [9.17, 15) is 0 Å². The number of hydrogen-bond acceptors (Lipinski definition) is 3. The number of halogens is 1. The molecular weight excluding hydrogens is 230 g/mol. The van der Waals surface area contributed by atoms with Gasteiger partial charge in [0.25, 0.3) is 0 Å². The van der Waals surface area contributed by atoms with Crippen LogP contribution in [0.3, 0.4) is 0 Å². The molecule has 5 heteroatoms. The lowest BCUT2D eigenvalue weighted by Gasteiger charge is -2.00. The van der Waals surface area contributed by atoms with Crippen LogP contribution in [0.4, 0.5) is 0 Å². The maximum Gasteiger partial charge on any atom is 0.212 e. The highest BCUT2D eigenvalue weighted by atomic mass is 35.5. The molecule has 0 fully saturated rings. The minimum atomic E-state index is 0.715. The first-order valence-corrected chi connectivity index (χ1v) is 5.64. The van der Waals surface area contributed by atoms with Crippen molar-refractivity contribution >= 4 is 27.9 Å². The third kappa shape index (κ3) is 1.33. The number of imidazole rings is 1. The van der Waals surface area contributed by atoms with Crippen LogP contribution in [-0.4, -0.2) is 14.6 Å². The summed E-state index contributed by atoms with van der Waals surface area (Å²) in [6.07, 6.45) is 1.79. The fourth-order valence-corrected chi connectivity index (χ4v) is 2.32. The molecule has 3 rings (SSSR count). The van der Waals surface area contributed by atoms with Gasteiger partial charge in [0.1, 0.15) is 5.51 Å². The molecule has 0 radical (unpaired) electrons. The summed E-state index contributed by atoms with van der Waals surface area (Å²) >= 11 is 7.62. The number of benzene rings is 1. The Balaban J connectivity index is 2.31. The van der Waals surface area contributed by atoms with E-state index >= 15 is 0 Å². The highest BCUT2D eigenvalue weighted by Gasteiger charge is 2.09. The number of nitrogens with zero attached hydrogens (tertiary/aromatic N) is 3. The van der Waals surface area contributed by atoms with Crippen molar-refractivity contribution in [3.63, 3.8) is 0 Å². The Bertz CT molecular complexity index is 614. The number of aromatic nitrogens is 3. The van der Waals surface area contributed by atoms with Gasteiger partial charge in [-0.3, -0.25) is 0 Å². The van der Waals surface area contributed by atoms with Crippen LogP contribution in [0.5, 0.6) is 0 Å². The van der Waals surface area contributed by atoms with Crippen molar-refractivity contribution in [3.05, 3.63) is 41.0 Å². The molecule has 0 spiro atoms. The smallest absolute Gasteiger partial charge is 0.212 e. The van der Waals surface area contributed by atoms with E-state index in [4.69, 9.17) is 11.6 Å². The lowest BCUT2D eigenvalue weighted by Crippen LogP contribution is -1.87. The highest BCUT2D eigenvalue weighted by molar-refractivity contribution is 7.14. The van der Waals surface area contributed by atoms with Gasteiger partial charge in [-0.25, -0.2) is 9.50 Å². The summed E-state index contributed by atoms with van der Waals surface area (Å²) in [4.78, 5) is 5.14. The van der Waals surface area contributed by atoms with E-state index in [0.717, 1.165) is 16.2 Å². The standard InChI is InChI=1S/C10H6ClN3S/c11-8-4-2-1-3-7(8)9-5-12-10-14(9)13-6-15-10/h1-6H. The average Bonchev–Trinajstić information content (AvgIpc) is 2.80. The van der Waals surface area contributed by atoms with Crippen LogP contribution < -0.4 is 0 Å². The van der Waals surface area contributed by atoms with E-state index in [1.54, 1.807) is 16.2 Å². The summed E-state index contributed by atoms with van der Waals surface area (Å²) in [6.45, 7) is 0. The molecule has 0 aliphatic rings. The van der Waals surface area contributed by atoms with Crippen LogP contribution in [0.1, 0.15) is 0 Å². The third-order valence-corrected chi connectivity index (χ3v) is 3.20. The van der Waals surface area contributed by atoms with Gasteiger partial charge in [0.2, 0.25) is 4.96 Å². The van der Waals surface area contributed by atoms with Crippen LogP contribution >= 0.6 is 22.9 Å². The van der Waals surface area contributed by atoms with Gasteiger partial charge in [-0.1, -0.05) is 41.1 Å². The topological polar surface area (TPSA) is 30.2 Å². The van der Waals surface area contributed by atoms with Crippen LogP contribution in [0, 0.1) is 0 Å². The normalized spacial score (nSPS) is 11.0. The van der Waals surface area contributed by atoms with Gasteiger partial charge >= 0.3 is 0 Å². The summed E-state index contributed by atoms with van der Waals surface area (Å²) in [5.41, 5.74) is 3.65. The van der Waals surface area contributed by atoms with Gasteiger partial charge < -0.3 is 0 Å². The molecule has 0 N–H and O–H groups in total. The Morgan fingerprint density at radius 1 is 1.27 bits per heavy atom. The van der Waals surface area contributed by atoms with Crippen LogP contribution in [0.15, 0.2) is 36.0 Å². The Morgan fingerprint density at radius 2 is 2.13 bits per heavy atom. The molecular formula is C10H6ClN3S. The van der Waals surface area contributed by atoms with Gasteiger partial charge in [-0.05, 0) is 6.07 Å². The van der Waals surface area contributed by atoms with E-state index < -0.39 is 0 Å². The van der Waals surface area contributed by atoms with Crippen molar-refractivity contribution in [2.24, 2.45) is 0 Å². The minimum absolute atomic E-state index is 0.715. The molecule has 0 aliphatic carbocycles. The minimum Gasteiger partial charge on any atom is -0.225 e. The molecule has 15 heavy (non-hydrogen) atoms. The first-order chi connectivity index (χ1) is 7.36. The zero-order chi connectivity index (χ0) is 10.3. The fraction of sp³-hybridized carbons (Fsp3) is 0. The predicted molar refractivity (Wildman–Crippen MR) is 61.3 cm³/mol. The van der Waals surface area contributed by atoms with Crippen LogP contribution in [0.2, 0.25) is 5.02 Å². The molecule has 2 heterocycles. The maximum absolute atomic E-state index is 6.12. The first-order valence-electron chi connectivity index (χ1n) is 4.38. The quantitative estimate of drug-likeness (QED) is 0.649. The van der Waals surface area contributed by atoms with Crippen molar-refractivity contribution in [1.82, 2.24) is 14.6 Å². The summed E-state index contributed by atoms with van der Waals surface area (Å²) in [6, 6.07) is 7.69. The third-order valence-electron chi connectivity index (χ3n) is 2.18. The molecule has 3 aromatic rings. The largest absolute Gasteiger partial charge is 0.225 e. The van der Waals surface area contributed by atoms with E-state index in [0.29, 0.717) is 5.02 Å². The maximum atomic E-state index is 6.12. The summed E-state index contributed by atoms with van der Waals surface area (Å²) in [5.74, 6) is 0. The zero-order valence-electron chi connectivity index (χ0n) is 7.59. The van der Waals surface area contributed by atoms with Crippen molar-refractivity contribution in [2.45, 2.75) is 0 Å². The summed E-state index contributed by atoms with van der Waals surface area (Å²) in [5, 5.41) is 4.93. The molecule has 0 unspecified atom stereocenters. The van der Waals surface area contributed by atoms with Gasteiger partial charge in [0.15, 0.2) is 0 Å². The number of fused-ring (bicyclic) bond motifs is 1. The molecule has 2 aromatic heterocycles. The highest BCUT2D eigenvalue weighted by Crippen LogP contribution is 2.28. The van der Waals surface area contributed by atoms with Gasteiger partial charge in [-0.2, -0.15) is 5.10 Å². The number of hydrogen-bond donors (Lipinski definition) is 0. The second-order valence-electron chi connectivity index (χ2n) is 3.06. The van der Waals surface area contributed by atoms with Gasteiger partial charge in [0.05, 0.1) is 16.9 Å². The Labute approximate surface area is 95.0 Å². The molecule has 0 bridgehead atoms. The van der Waals surface area contributed by atoms with Crippen molar-refractivity contribution in [2.75, 3.05) is 0 Å². The average molecular weight is 236 g/mol. The van der Waals surface area contributed by atoms with Gasteiger partial charge in [0, 0.05) is 5.56 Å². The molecule has 0 amide bonds. The Morgan fingerprint density at radius 3 is 3.00 bits per heavy atom. The van der Waals surface area contributed by atoms with Crippen molar-refractivity contribution in [3.8, 4) is 11.3 Å². The van der Waals surface area contributed by atoms with Crippen LogP contribution in [-0.2, 0) is 0 Å². The molecule has 0 aliphatic heterocycles. The molecule has 0 saturated carbocycles. The molecule has 74 valence electrons. The molecule has 1 aromatic carbocycles. The SMILES string of the molecule is Clc1ccccc1-c1cnc2scnn12.